The molecule has 3 atom stereocenters. The maximum atomic E-state index is 14.6. The van der Waals surface area contributed by atoms with Crippen LogP contribution in [0.5, 0.6) is 5.75 Å². The molecule has 44 heavy (non-hydrogen) atoms. The van der Waals surface area contributed by atoms with Gasteiger partial charge in [-0.15, -0.1) is 12.4 Å². The first-order valence-corrected chi connectivity index (χ1v) is 14.8. The van der Waals surface area contributed by atoms with E-state index in [1.165, 1.54) is 24.4 Å². The molecule has 11 nitrogen and oxygen atoms in total. The number of hydrogen-bond acceptors (Lipinski definition) is 8. The molecular formula is C30H38BrClFN7O4. The summed E-state index contributed by atoms with van der Waals surface area (Å²) >= 11 is 3.25. The lowest BCUT2D eigenvalue weighted by molar-refractivity contribution is -0.143. The second kappa shape index (κ2) is 14.5. The smallest absolute Gasteiger partial charge is 0.247 e. The molecule has 1 aliphatic rings. The number of nitrogens with zero attached hydrogens (tertiary/aromatic N) is 3. The van der Waals surface area contributed by atoms with Crippen molar-refractivity contribution < 1.29 is 23.5 Å². The van der Waals surface area contributed by atoms with E-state index in [4.69, 9.17) is 4.74 Å². The van der Waals surface area contributed by atoms with Gasteiger partial charge in [-0.1, -0.05) is 36.7 Å². The lowest BCUT2D eigenvalue weighted by Crippen LogP contribution is -2.59. The molecule has 1 aliphatic heterocycles. The van der Waals surface area contributed by atoms with Gasteiger partial charge in [0.2, 0.25) is 17.7 Å². The zero-order valence-corrected chi connectivity index (χ0v) is 27.9. The van der Waals surface area contributed by atoms with E-state index in [1.807, 2.05) is 20.8 Å². The van der Waals surface area contributed by atoms with Crippen molar-refractivity contribution >= 4 is 74.2 Å². The maximum Gasteiger partial charge on any atom is 0.247 e. The predicted molar refractivity (Wildman–Crippen MR) is 174 cm³/mol. The Hall–Kier alpha value is -3.55. The minimum Gasteiger partial charge on any atom is -0.494 e. The van der Waals surface area contributed by atoms with E-state index in [-0.39, 0.29) is 29.9 Å². The number of carbonyl (C=O) groups excluding carboxylic acids is 3. The Bertz CT molecular complexity index is 1540. The van der Waals surface area contributed by atoms with Crippen molar-refractivity contribution in [1.29, 1.82) is 0 Å². The highest BCUT2D eigenvalue weighted by molar-refractivity contribution is 9.10. The predicted octanol–water partition coefficient (Wildman–Crippen LogP) is 4.77. The van der Waals surface area contributed by atoms with Gasteiger partial charge in [-0.3, -0.25) is 14.4 Å². The lowest BCUT2D eigenvalue weighted by atomic mass is 9.85. The number of ether oxygens (including phenoxy) is 1. The number of aromatic nitrogens is 2. The van der Waals surface area contributed by atoms with Crippen LogP contribution in [0.2, 0.25) is 0 Å². The zero-order chi connectivity index (χ0) is 31.5. The van der Waals surface area contributed by atoms with Gasteiger partial charge < -0.3 is 30.9 Å². The Balaban J connectivity index is 0.00000529. The number of halogens is 3. The number of benzene rings is 2. The number of rotatable bonds is 9. The number of likely N-dealkylation sites (N-methyl/N-ethyl adjacent to an activating group) is 1. The second-order valence-corrected chi connectivity index (χ2v) is 12.5. The van der Waals surface area contributed by atoms with Crippen LogP contribution in [0.15, 0.2) is 41.1 Å². The first-order valence-electron chi connectivity index (χ1n) is 14.0. The molecule has 238 valence electrons. The molecule has 4 N–H and O–H groups in total. The summed E-state index contributed by atoms with van der Waals surface area (Å²) in [4.78, 5) is 50.3. The molecule has 2 heterocycles. The van der Waals surface area contributed by atoms with Gasteiger partial charge in [0.05, 0.1) is 30.0 Å². The first-order chi connectivity index (χ1) is 20.3. The van der Waals surface area contributed by atoms with Gasteiger partial charge in [0, 0.05) is 22.5 Å². The molecule has 4 rings (SSSR count). The summed E-state index contributed by atoms with van der Waals surface area (Å²) < 4.78 is 20.7. The molecule has 1 unspecified atom stereocenters. The average molecular weight is 695 g/mol. The van der Waals surface area contributed by atoms with Crippen LogP contribution in [0.4, 0.5) is 21.6 Å². The lowest BCUT2D eigenvalue weighted by Gasteiger charge is -2.36. The van der Waals surface area contributed by atoms with Crippen molar-refractivity contribution in [2.75, 3.05) is 31.3 Å². The molecule has 1 aromatic heterocycles. The Kier molecular flexibility index (Phi) is 11.5. The third-order valence-electron chi connectivity index (χ3n) is 7.46. The number of hydrogen-bond donors (Lipinski definition) is 4. The van der Waals surface area contributed by atoms with E-state index in [0.29, 0.717) is 52.0 Å². The van der Waals surface area contributed by atoms with E-state index in [1.54, 1.807) is 38.2 Å². The molecular weight excluding hydrogens is 657 g/mol. The number of amides is 3. The third kappa shape index (κ3) is 7.74. The van der Waals surface area contributed by atoms with Gasteiger partial charge in [0.15, 0.2) is 0 Å². The third-order valence-corrected chi connectivity index (χ3v) is 7.96. The van der Waals surface area contributed by atoms with Crippen LogP contribution in [-0.4, -0.2) is 71.4 Å². The van der Waals surface area contributed by atoms with E-state index in [2.05, 4.69) is 47.2 Å². The van der Waals surface area contributed by atoms with Gasteiger partial charge in [-0.05, 0) is 56.5 Å². The van der Waals surface area contributed by atoms with E-state index >= 15 is 0 Å². The number of carbonyl (C=O) groups is 3. The summed E-state index contributed by atoms with van der Waals surface area (Å²) in [5.41, 5.74) is 0.483. The molecule has 1 fully saturated rings. The standard InChI is InChI=1S/C30H37BrFN7O4.ClH/c1-16(33-5)27(40)38-25(30(2,3)4)29(42)39-11-7-8-23(39)28(41)37-22-13-18-21(14-24(22)43-6)34-15-35-26(18)36-20-10-9-17(31)12-19(20)32;/h9-10,12-16,23,25,33H,7-8,11H2,1-6H3,(H,37,41)(H,38,40)(H,34,35,36);1H/t16-,23?,25+;/m0./s1. The minimum atomic E-state index is -0.829. The van der Waals surface area contributed by atoms with Gasteiger partial charge in [0.1, 0.15) is 35.8 Å². The second-order valence-electron chi connectivity index (χ2n) is 11.5. The molecule has 3 amide bonds. The normalized spacial score (nSPS) is 16.1. The van der Waals surface area contributed by atoms with Crippen molar-refractivity contribution in [1.82, 2.24) is 25.5 Å². The zero-order valence-electron chi connectivity index (χ0n) is 25.5. The summed E-state index contributed by atoms with van der Waals surface area (Å²) in [5.74, 6) is -0.787. The molecule has 14 heteroatoms. The largest absolute Gasteiger partial charge is 0.494 e. The van der Waals surface area contributed by atoms with Crippen LogP contribution in [0.25, 0.3) is 10.9 Å². The Morgan fingerprint density at radius 2 is 1.86 bits per heavy atom. The summed E-state index contributed by atoms with van der Waals surface area (Å²) in [7, 11) is 3.15. The van der Waals surface area contributed by atoms with E-state index in [0.717, 1.165) is 0 Å². The summed E-state index contributed by atoms with van der Waals surface area (Å²) in [6.07, 6.45) is 2.45. The van der Waals surface area contributed by atoms with Crippen LogP contribution < -0.4 is 26.0 Å². The van der Waals surface area contributed by atoms with E-state index in [9.17, 15) is 18.8 Å². The van der Waals surface area contributed by atoms with E-state index < -0.39 is 35.3 Å². The van der Waals surface area contributed by atoms with Gasteiger partial charge in [-0.2, -0.15) is 0 Å². The molecule has 0 aliphatic carbocycles. The minimum absolute atomic E-state index is 0. The van der Waals surface area contributed by atoms with Crippen LogP contribution in [0, 0.1) is 11.2 Å². The molecule has 0 saturated carbocycles. The van der Waals surface area contributed by atoms with Crippen LogP contribution in [0.3, 0.4) is 0 Å². The summed E-state index contributed by atoms with van der Waals surface area (Å²) in [6.45, 7) is 7.72. The number of fused-ring (bicyclic) bond motifs is 1. The monoisotopic (exact) mass is 693 g/mol. The Morgan fingerprint density at radius 1 is 1.14 bits per heavy atom. The first kappa shape index (κ1) is 34.9. The summed E-state index contributed by atoms with van der Waals surface area (Å²) in [5, 5.41) is 12.2. The van der Waals surface area contributed by atoms with Crippen LogP contribution in [-0.2, 0) is 14.4 Å². The number of nitrogens with one attached hydrogen (secondary N) is 4. The van der Waals surface area contributed by atoms with Gasteiger partial charge in [0.25, 0.3) is 0 Å². The van der Waals surface area contributed by atoms with Crippen molar-refractivity contribution in [3.05, 3.63) is 46.9 Å². The van der Waals surface area contributed by atoms with Crippen molar-refractivity contribution in [2.45, 2.75) is 58.7 Å². The molecule has 1 saturated heterocycles. The number of likely N-dealkylation sites (tertiary alicyclic amines) is 1. The average Bonchev–Trinajstić information content (AvgIpc) is 3.46. The highest BCUT2D eigenvalue weighted by atomic mass is 79.9. The van der Waals surface area contributed by atoms with Gasteiger partial charge in [-0.25, -0.2) is 14.4 Å². The number of anilines is 3. The van der Waals surface area contributed by atoms with Crippen molar-refractivity contribution in [3.8, 4) is 5.75 Å². The fraction of sp³-hybridized carbons (Fsp3) is 0.433. The molecule has 0 spiro atoms. The summed E-state index contributed by atoms with van der Waals surface area (Å²) in [6, 6.07) is 5.87. The molecule has 0 radical (unpaired) electrons. The number of methoxy groups -OCH3 is 1. The van der Waals surface area contributed by atoms with Crippen LogP contribution >= 0.6 is 28.3 Å². The fourth-order valence-electron chi connectivity index (χ4n) is 4.90. The Labute approximate surface area is 270 Å². The highest BCUT2D eigenvalue weighted by Crippen LogP contribution is 2.35. The highest BCUT2D eigenvalue weighted by Gasteiger charge is 2.42. The van der Waals surface area contributed by atoms with Crippen molar-refractivity contribution in [2.24, 2.45) is 5.41 Å². The molecule has 3 aromatic rings. The SMILES string of the molecule is CN[C@@H](C)C(=O)N[C@H](C(=O)N1CCCC1C(=O)Nc1cc2c(Nc3ccc(Br)cc3F)ncnc2cc1OC)C(C)(C)C.Cl. The van der Waals surface area contributed by atoms with Crippen molar-refractivity contribution in [3.63, 3.8) is 0 Å². The topological polar surface area (TPSA) is 138 Å². The Morgan fingerprint density at radius 3 is 2.50 bits per heavy atom. The molecule has 2 aromatic carbocycles. The maximum absolute atomic E-state index is 14.6. The fourth-order valence-corrected chi connectivity index (χ4v) is 5.23. The van der Waals surface area contributed by atoms with Crippen LogP contribution in [0.1, 0.15) is 40.5 Å². The van der Waals surface area contributed by atoms with Gasteiger partial charge >= 0.3 is 0 Å². The quantitative estimate of drug-likeness (QED) is 0.252. The molecule has 0 bridgehead atoms.